The third-order valence-corrected chi connectivity index (χ3v) is 4.62. The number of hydrogen-bond acceptors (Lipinski definition) is 4. The van der Waals surface area contributed by atoms with Crippen LogP contribution >= 0.6 is 0 Å². The molecule has 22 heavy (non-hydrogen) atoms. The van der Waals surface area contributed by atoms with Crippen molar-refractivity contribution in [1.29, 1.82) is 0 Å². The molecule has 0 spiro atoms. The number of fused-ring (bicyclic) bond motifs is 1. The summed E-state index contributed by atoms with van der Waals surface area (Å²) in [6, 6.07) is 7.93. The lowest BCUT2D eigenvalue weighted by atomic mass is 9.77. The summed E-state index contributed by atoms with van der Waals surface area (Å²) in [5.74, 6) is -0.0118. The lowest BCUT2D eigenvalue weighted by molar-refractivity contribution is -0.120. The van der Waals surface area contributed by atoms with Crippen LogP contribution in [0.4, 0.5) is 0 Å². The molecule has 2 aromatic rings. The fourth-order valence-corrected chi connectivity index (χ4v) is 3.12. The van der Waals surface area contributed by atoms with Crippen LogP contribution in [0.15, 0.2) is 28.8 Å². The number of aromatic nitrogens is 1. The van der Waals surface area contributed by atoms with E-state index in [9.17, 15) is 4.79 Å². The quantitative estimate of drug-likeness (QED) is 0.909. The summed E-state index contributed by atoms with van der Waals surface area (Å²) in [5.41, 5.74) is 1.64. The number of rotatable bonds is 4. The van der Waals surface area contributed by atoms with E-state index in [1.165, 1.54) is 12.8 Å². The molecular weight excluding hydrogens is 278 g/mol. The highest BCUT2D eigenvalue weighted by molar-refractivity contribution is 5.86. The Morgan fingerprint density at radius 3 is 3.09 bits per heavy atom. The van der Waals surface area contributed by atoms with Crippen LogP contribution in [0, 0.1) is 5.41 Å². The van der Waals surface area contributed by atoms with Gasteiger partial charge in [0.25, 0.3) is 0 Å². The zero-order valence-electron chi connectivity index (χ0n) is 13.2. The van der Waals surface area contributed by atoms with Crippen molar-refractivity contribution in [2.24, 2.45) is 5.41 Å². The van der Waals surface area contributed by atoms with Crippen molar-refractivity contribution in [1.82, 2.24) is 15.8 Å². The number of piperidine rings is 1. The van der Waals surface area contributed by atoms with Crippen molar-refractivity contribution in [2.75, 3.05) is 13.1 Å². The Morgan fingerprint density at radius 2 is 2.27 bits per heavy atom. The molecule has 2 N–H and O–H groups in total. The van der Waals surface area contributed by atoms with Gasteiger partial charge in [-0.2, -0.15) is 0 Å². The van der Waals surface area contributed by atoms with Crippen LogP contribution < -0.4 is 10.6 Å². The molecule has 5 heteroatoms. The van der Waals surface area contributed by atoms with Crippen LogP contribution in [0.3, 0.4) is 0 Å². The van der Waals surface area contributed by atoms with Gasteiger partial charge < -0.3 is 15.2 Å². The molecule has 1 fully saturated rings. The smallest absolute Gasteiger partial charge is 0.226 e. The molecule has 2 heterocycles. The van der Waals surface area contributed by atoms with Crippen LogP contribution in [0.1, 0.15) is 32.4 Å². The maximum atomic E-state index is 12.2. The number of benzene rings is 1. The van der Waals surface area contributed by atoms with E-state index in [0.717, 1.165) is 17.5 Å². The Kier molecular flexibility index (Phi) is 4.16. The maximum absolute atomic E-state index is 12.2. The van der Waals surface area contributed by atoms with Gasteiger partial charge in [-0.15, -0.1) is 0 Å². The predicted molar refractivity (Wildman–Crippen MR) is 85.5 cm³/mol. The van der Waals surface area contributed by atoms with E-state index >= 15 is 0 Å². The third kappa shape index (κ3) is 3.14. The van der Waals surface area contributed by atoms with Gasteiger partial charge in [0.1, 0.15) is 5.69 Å². The van der Waals surface area contributed by atoms with E-state index < -0.39 is 0 Å². The largest absolute Gasteiger partial charge is 0.356 e. The van der Waals surface area contributed by atoms with Gasteiger partial charge in [-0.1, -0.05) is 31.1 Å². The van der Waals surface area contributed by atoms with Crippen molar-refractivity contribution in [3.8, 4) is 0 Å². The van der Waals surface area contributed by atoms with Gasteiger partial charge in [0.15, 0.2) is 5.58 Å². The van der Waals surface area contributed by atoms with Gasteiger partial charge in [-0.05, 0) is 36.9 Å². The number of nitrogens with zero attached hydrogens (tertiary/aromatic N) is 1. The molecule has 5 nitrogen and oxygen atoms in total. The molecule has 1 aromatic carbocycles. The molecule has 1 unspecified atom stereocenters. The van der Waals surface area contributed by atoms with Crippen molar-refractivity contribution in [3.05, 3.63) is 30.0 Å². The topological polar surface area (TPSA) is 67.2 Å². The summed E-state index contributed by atoms with van der Waals surface area (Å²) >= 11 is 0. The Balaban J connectivity index is 1.58. The number of nitrogens with one attached hydrogen (secondary N) is 2. The zero-order valence-corrected chi connectivity index (χ0v) is 13.2. The Labute approximate surface area is 130 Å². The van der Waals surface area contributed by atoms with Crippen LogP contribution in [0.2, 0.25) is 0 Å². The van der Waals surface area contributed by atoms with Gasteiger partial charge in [0.2, 0.25) is 5.91 Å². The fraction of sp³-hybridized carbons (Fsp3) is 0.529. The zero-order chi connectivity index (χ0) is 15.6. The molecular formula is C17H23N3O2. The summed E-state index contributed by atoms with van der Waals surface area (Å²) in [6.45, 7) is 6.18. The van der Waals surface area contributed by atoms with Gasteiger partial charge in [-0.3, -0.25) is 4.79 Å². The summed E-state index contributed by atoms with van der Waals surface area (Å²) in [7, 11) is 0. The molecule has 1 aromatic heterocycles. The highest BCUT2D eigenvalue weighted by Crippen LogP contribution is 2.29. The van der Waals surface area contributed by atoms with Crippen LogP contribution in [0.25, 0.3) is 11.0 Å². The number of amides is 1. The highest BCUT2D eigenvalue weighted by atomic mass is 16.5. The van der Waals surface area contributed by atoms with E-state index in [4.69, 9.17) is 4.52 Å². The SMILES string of the molecule is CC1(C)CCCNC1CNC(=O)Cc1noc2ccccc12. The standard InChI is InChI=1S/C17H23N3O2/c1-17(2)8-5-9-18-15(17)11-19-16(21)10-13-12-6-3-4-7-14(12)22-20-13/h3-4,6-7,15,18H,5,8-11H2,1-2H3,(H,19,21). The summed E-state index contributed by atoms with van der Waals surface area (Å²) in [6.07, 6.45) is 2.64. The minimum absolute atomic E-state index is 0.0118. The minimum Gasteiger partial charge on any atom is -0.356 e. The normalized spacial score (nSPS) is 20.9. The number of carbonyl (C=O) groups excluding carboxylic acids is 1. The third-order valence-electron chi connectivity index (χ3n) is 4.62. The molecule has 1 saturated heterocycles. The molecule has 0 saturated carbocycles. The number of para-hydroxylation sites is 1. The van der Waals surface area contributed by atoms with Crippen LogP contribution in [0.5, 0.6) is 0 Å². The predicted octanol–water partition coefficient (Wildman–Crippen LogP) is 2.26. The van der Waals surface area contributed by atoms with Gasteiger partial charge in [0, 0.05) is 18.0 Å². The number of carbonyl (C=O) groups is 1. The Hall–Kier alpha value is -1.88. The molecule has 1 atom stereocenters. The lowest BCUT2D eigenvalue weighted by Gasteiger charge is -2.39. The second-order valence-corrected chi connectivity index (χ2v) is 6.71. The van der Waals surface area contributed by atoms with E-state index in [1.54, 1.807) is 0 Å². The second-order valence-electron chi connectivity index (χ2n) is 6.71. The van der Waals surface area contributed by atoms with Crippen molar-refractivity contribution >= 4 is 16.9 Å². The van der Waals surface area contributed by atoms with Gasteiger partial charge >= 0.3 is 0 Å². The molecule has 118 valence electrons. The molecule has 3 rings (SSSR count). The molecule has 1 aliphatic heterocycles. The van der Waals surface area contributed by atoms with E-state index in [-0.39, 0.29) is 17.7 Å². The van der Waals surface area contributed by atoms with Crippen molar-refractivity contribution < 1.29 is 9.32 Å². The molecule has 1 aliphatic rings. The Bertz CT molecular complexity index is 663. The van der Waals surface area contributed by atoms with E-state index in [0.29, 0.717) is 18.3 Å². The van der Waals surface area contributed by atoms with Gasteiger partial charge in [0.05, 0.1) is 6.42 Å². The first-order chi connectivity index (χ1) is 10.6. The summed E-state index contributed by atoms with van der Waals surface area (Å²) < 4.78 is 5.24. The monoisotopic (exact) mass is 301 g/mol. The fourth-order valence-electron chi connectivity index (χ4n) is 3.12. The molecule has 0 bridgehead atoms. The minimum atomic E-state index is -0.0118. The second kappa shape index (κ2) is 6.08. The highest BCUT2D eigenvalue weighted by Gasteiger charge is 2.31. The van der Waals surface area contributed by atoms with Crippen molar-refractivity contribution in [3.63, 3.8) is 0 Å². The molecule has 0 radical (unpaired) electrons. The van der Waals surface area contributed by atoms with Crippen LogP contribution in [-0.4, -0.2) is 30.2 Å². The van der Waals surface area contributed by atoms with Crippen LogP contribution in [-0.2, 0) is 11.2 Å². The summed E-state index contributed by atoms with van der Waals surface area (Å²) in [4.78, 5) is 12.2. The first kappa shape index (κ1) is 15.0. The molecule has 0 aliphatic carbocycles. The summed E-state index contributed by atoms with van der Waals surface area (Å²) in [5, 5.41) is 11.5. The maximum Gasteiger partial charge on any atom is 0.226 e. The number of hydrogen-bond donors (Lipinski definition) is 2. The average molecular weight is 301 g/mol. The van der Waals surface area contributed by atoms with Gasteiger partial charge in [-0.25, -0.2) is 0 Å². The molecule has 1 amide bonds. The van der Waals surface area contributed by atoms with Crippen molar-refractivity contribution in [2.45, 2.75) is 39.2 Å². The Morgan fingerprint density at radius 1 is 1.45 bits per heavy atom. The van der Waals surface area contributed by atoms with E-state index in [2.05, 4.69) is 29.6 Å². The lowest BCUT2D eigenvalue weighted by Crippen LogP contribution is -2.53. The first-order valence-electron chi connectivity index (χ1n) is 7.90. The first-order valence-corrected chi connectivity index (χ1v) is 7.90. The average Bonchev–Trinajstić information content (AvgIpc) is 2.89. The van der Waals surface area contributed by atoms with E-state index in [1.807, 2.05) is 24.3 Å².